The zero-order valence-corrected chi connectivity index (χ0v) is 12.4. The first-order valence-corrected chi connectivity index (χ1v) is 7.10. The van der Waals surface area contributed by atoms with E-state index in [1.165, 1.54) is 0 Å². The van der Waals surface area contributed by atoms with Crippen LogP contribution in [0.3, 0.4) is 0 Å². The number of aliphatic hydroxyl groups is 1. The van der Waals surface area contributed by atoms with Crippen molar-refractivity contribution >= 4 is 17.7 Å². The van der Waals surface area contributed by atoms with Crippen molar-refractivity contribution in [2.45, 2.75) is 44.9 Å². The van der Waals surface area contributed by atoms with Crippen molar-refractivity contribution in [2.24, 2.45) is 11.7 Å². The number of hydrogen-bond donors (Lipinski definition) is 5. The summed E-state index contributed by atoms with van der Waals surface area (Å²) in [5, 5.41) is 17.9. The maximum Gasteiger partial charge on any atom is 0.251 e. The highest BCUT2D eigenvalue weighted by Crippen LogP contribution is 2.18. The maximum absolute atomic E-state index is 11.9. The molecular weight excluding hydrogens is 276 g/mol. The largest absolute Gasteiger partial charge is 0.381 e. The van der Waals surface area contributed by atoms with Crippen molar-refractivity contribution in [1.82, 2.24) is 16.0 Å². The zero-order chi connectivity index (χ0) is 16.0. The standard InChI is InChI=1S/C13H24N4O4/c1-7(2)16-13(21)11(19)9(17-10(18)6-14)5-8-3-4-15-12(8)20/h7-9,11,19H,3-6,14H2,1-2H3,(H,15,20)(H,16,21)(H,17,18)/t8-,9-,11?/m0/s1. The minimum atomic E-state index is -1.42. The highest BCUT2D eigenvalue weighted by molar-refractivity contribution is 5.84. The molecule has 0 aromatic heterocycles. The van der Waals surface area contributed by atoms with Gasteiger partial charge < -0.3 is 26.8 Å². The molecule has 6 N–H and O–H groups in total. The van der Waals surface area contributed by atoms with Crippen molar-refractivity contribution in [2.75, 3.05) is 13.1 Å². The Balaban J connectivity index is 2.72. The predicted octanol–water partition coefficient (Wildman–Crippen LogP) is -2.16. The molecule has 8 heteroatoms. The van der Waals surface area contributed by atoms with Gasteiger partial charge in [0, 0.05) is 18.5 Å². The SMILES string of the molecule is CC(C)NC(=O)C(O)[C@H](C[C@@H]1CCNC1=O)NC(=O)CN. The molecular formula is C13H24N4O4. The molecule has 0 aliphatic carbocycles. The quantitative estimate of drug-likeness (QED) is 0.365. The van der Waals surface area contributed by atoms with E-state index in [-0.39, 0.29) is 30.8 Å². The van der Waals surface area contributed by atoms with Crippen molar-refractivity contribution in [3.63, 3.8) is 0 Å². The van der Waals surface area contributed by atoms with Gasteiger partial charge in [-0.05, 0) is 26.7 Å². The molecule has 120 valence electrons. The van der Waals surface area contributed by atoms with E-state index in [0.717, 1.165) is 0 Å². The van der Waals surface area contributed by atoms with E-state index in [0.29, 0.717) is 13.0 Å². The van der Waals surface area contributed by atoms with Gasteiger partial charge in [-0.1, -0.05) is 0 Å². The number of carbonyl (C=O) groups excluding carboxylic acids is 3. The van der Waals surface area contributed by atoms with E-state index in [4.69, 9.17) is 5.73 Å². The topological polar surface area (TPSA) is 134 Å². The number of nitrogens with one attached hydrogen (secondary N) is 3. The summed E-state index contributed by atoms with van der Waals surface area (Å²) in [5.41, 5.74) is 5.24. The maximum atomic E-state index is 11.9. The third-order valence-corrected chi connectivity index (χ3v) is 3.31. The fourth-order valence-electron chi connectivity index (χ4n) is 2.26. The lowest BCUT2D eigenvalue weighted by Crippen LogP contribution is -2.53. The first kappa shape index (κ1) is 17.4. The fourth-order valence-corrected chi connectivity index (χ4v) is 2.26. The summed E-state index contributed by atoms with van der Waals surface area (Å²) in [6.07, 6.45) is -0.604. The van der Waals surface area contributed by atoms with Gasteiger partial charge in [0.15, 0.2) is 6.10 Å². The predicted molar refractivity (Wildman–Crippen MR) is 76.0 cm³/mol. The Morgan fingerprint density at radius 1 is 1.43 bits per heavy atom. The Bertz CT molecular complexity index is 400. The Hall–Kier alpha value is -1.67. The average molecular weight is 300 g/mol. The van der Waals surface area contributed by atoms with Gasteiger partial charge in [-0.2, -0.15) is 0 Å². The van der Waals surface area contributed by atoms with Gasteiger partial charge >= 0.3 is 0 Å². The van der Waals surface area contributed by atoms with Crippen LogP contribution in [-0.4, -0.2) is 54.1 Å². The lowest BCUT2D eigenvalue weighted by molar-refractivity contribution is -0.134. The Morgan fingerprint density at radius 2 is 2.10 bits per heavy atom. The molecule has 1 aliphatic heterocycles. The number of amides is 3. The molecule has 0 spiro atoms. The minimum absolute atomic E-state index is 0.126. The van der Waals surface area contributed by atoms with Crippen molar-refractivity contribution in [1.29, 1.82) is 0 Å². The molecule has 1 heterocycles. The molecule has 3 atom stereocenters. The van der Waals surface area contributed by atoms with Crippen molar-refractivity contribution in [3.05, 3.63) is 0 Å². The van der Waals surface area contributed by atoms with Gasteiger partial charge in [-0.25, -0.2) is 0 Å². The van der Waals surface area contributed by atoms with Crippen LogP contribution in [0.1, 0.15) is 26.7 Å². The van der Waals surface area contributed by atoms with Crippen LogP contribution in [0.2, 0.25) is 0 Å². The van der Waals surface area contributed by atoms with E-state index in [1.54, 1.807) is 13.8 Å². The first-order chi connectivity index (χ1) is 9.85. The monoisotopic (exact) mass is 300 g/mol. The molecule has 0 aromatic carbocycles. The van der Waals surface area contributed by atoms with Crippen LogP contribution in [0.25, 0.3) is 0 Å². The summed E-state index contributed by atoms with van der Waals surface area (Å²) in [6.45, 7) is 3.85. The molecule has 1 unspecified atom stereocenters. The third-order valence-electron chi connectivity index (χ3n) is 3.31. The number of hydrogen-bond acceptors (Lipinski definition) is 5. The summed E-state index contributed by atoms with van der Waals surface area (Å²) in [4.78, 5) is 34.9. The molecule has 21 heavy (non-hydrogen) atoms. The van der Waals surface area contributed by atoms with Crippen LogP contribution in [-0.2, 0) is 14.4 Å². The zero-order valence-electron chi connectivity index (χ0n) is 12.4. The number of nitrogens with two attached hydrogens (primary N) is 1. The van der Waals surface area contributed by atoms with Gasteiger partial charge in [-0.3, -0.25) is 14.4 Å². The van der Waals surface area contributed by atoms with E-state index < -0.39 is 24.0 Å². The van der Waals surface area contributed by atoms with Gasteiger partial charge in [0.1, 0.15) is 0 Å². The Kier molecular flexibility index (Phi) is 6.57. The van der Waals surface area contributed by atoms with E-state index in [1.807, 2.05) is 0 Å². The molecule has 1 aliphatic rings. The molecule has 1 fully saturated rings. The van der Waals surface area contributed by atoms with Gasteiger partial charge in [0.2, 0.25) is 11.8 Å². The van der Waals surface area contributed by atoms with Crippen LogP contribution in [0.15, 0.2) is 0 Å². The molecule has 0 bridgehead atoms. The van der Waals surface area contributed by atoms with E-state index in [2.05, 4.69) is 16.0 Å². The smallest absolute Gasteiger partial charge is 0.251 e. The van der Waals surface area contributed by atoms with Crippen LogP contribution in [0.5, 0.6) is 0 Å². The van der Waals surface area contributed by atoms with Crippen LogP contribution >= 0.6 is 0 Å². The number of rotatable bonds is 7. The molecule has 0 radical (unpaired) electrons. The summed E-state index contributed by atoms with van der Waals surface area (Å²) >= 11 is 0. The second kappa shape index (κ2) is 7.94. The number of carbonyl (C=O) groups is 3. The third kappa shape index (κ3) is 5.31. The summed E-state index contributed by atoms with van der Waals surface area (Å²) < 4.78 is 0. The molecule has 3 amide bonds. The second-order valence-electron chi connectivity index (χ2n) is 5.50. The van der Waals surface area contributed by atoms with E-state index in [9.17, 15) is 19.5 Å². The molecule has 1 rings (SSSR count). The van der Waals surface area contributed by atoms with Gasteiger partial charge in [-0.15, -0.1) is 0 Å². The number of aliphatic hydroxyl groups excluding tert-OH is 1. The summed E-state index contributed by atoms with van der Waals surface area (Å²) in [6, 6.07) is -0.971. The Morgan fingerprint density at radius 3 is 2.57 bits per heavy atom. The molecule has 8 nitrogen and oxygen atoms in total. The highest BCUT2D eigenvalue weighted by Gasteiger charge is 2.34. The van der Waals surface area contributed by atoms with Crippen LogP contribution < -0.4 is 21.7 Å². The van der Waals surface area contributed by atoms with Gasteiger partial charge in [0.25, 0.3) is 5.91 Å². The summed E-state index contributed by atoms with van der Waals surface area (Å²) in [7, 11) is 0. The molecule has 0 saturated carbocycles. The lowest BCUT2D eigenvalue weighted by Gasteiger charge is -2.25. The average Bonchev–Trinajstić information content (AvgIpc) is 2.81. The molecule has 0 aromatic rings. The fraction of sp³-hybridized carbons (Fsp3) is 0.769. The van der Waals surface area contributed by atoms with Crippen molar-refractivity contribution < 1.29 is 19.5 Å². The van der Waals surface area contributed by atoms with E-state index >= 15 is 0 Å². The minimum Gasteiger partial charge on any atom is -0.381 e. The molecule has 1 saturated heterocycles. The highest BCUT2D eigenvalue weighted by atomic mass is 16.3. The van der Waals surface area contributed by atoms with Gasteiger partial charge in [0.05, 0.1) is 12.6 Å². The second-order valence-corrected chi connectivity index (χ2v) is 5.50. The normalized spacial score (nSPS) is 20.8. The van der Waals surface area contributed by atoms with Crippen LogP contribution in [0.4, 0.5) is 0 Å². The van der Waals surface area contributed by atoms with Crippen molar-refractivity contribution in [3.8, 4) is 0 Å². The lowest BCUT2D eigenvalue weighted by atomic mass is 9.94. The van der Waals surface area contributed by atoms with Crippen LogP contribution in [0, 0.1) is 5.92 Å². The Labute approximate surface area is 123 Å². The first-order valence-electron chi connectivity index (χ1n) is 7.10. The summed E-state index contributed by atoms with van der Waals surface area (Å²) in [5.74, 6) is -1.51.